The quantitative estimate of drug-likeness (QED) is 0.652. The maximum absolute atomic E-state index is 12.0. The summed E-state index contributed by atoms with van der Waals surface area (Å²) in [5.41, 5.74) is 6.72. The van der Waals surface area contributed by atoms with Crippen LogP contribution in [0.25, 0.3) is 0 Å². The summed E-state index contributed by atoms with van der Waals surface area (Å²) in [6.07, 6.45) is 1.62. The molecule has 19 heavy (non-hydrogen) atoms. The van der Waals surface area contributed by atoms with Crippen LogP contribution in [0.5, 0.6) is 5.75 Å². The Bertz CT molecular complexity index is 421. The van der Waals surface area contributed by atoms with Crippen LogP contribution in [0.2, 0.25) is 0 Å². The smallest absolute Gasteiger partial charge is 0.251 e. The number of aliphatic hydroxyl groups excluding tert-OH is 1. The van der Waals surface area contributed by atoms with Crippen LogP contribution < -0.4 is 15.8 Å². The normalized spacial score (nSPS) is 11.9. The number of rotatable bonds is 7. The minimum absolute atomic E-state index is 0.143. The Kier molecular flexibility index (Phi) is 6.15. The number of methoxy groups -OCH3 is 1. The van der Waals surface area contributed by atoms with Crippen LogP contribution >= 0.6 is 0 Å². The van der Waals surface area contributed by atoms with Crippen molar-refractivity contribution in [3.05, 3.63) is 23.8 Å². The van der Waals surface area contributed by atoms with Crippen LogP contribution in [0.1, 0.15) is 30.1 Å². The van der Waals surface area contributed by atoms with E-state index in [0.717, 1.165) is 6.42 Å². The highest BCUT2D eigenvalue weighted by atomic mass is 16.5. The highest BCUT2D eigenvalue weighted by Gasteiger charge is 2.11. The van der Waals surface area contributed by atoms with Crippen molar-refractivity contribution in [2.24, 2.45) is 5.92 Å². The van der Waals surface area contributed by atoms with Gasteiger partial charge in [0.15, 0.2) is 0 Å². The maximum atomic E-state index is 12.0. The van der Waals surface area contributed by atoms with Crippen LogP contribution in [-0.4, -0.2) is 31.3 Å². The summed E-state index contributed by atoms with van der Waals surface area (Å²) in [6.45, 7) is 2.74. The summed E-state index contributed by atoms with van der Waals surface area (Å²) in [4.78, 5) is 12.0. The summed E-state index contributed by atoms with van der Waals surface area (Å²) < 4.78 is 5.08. The third-order valence-electron chi connectivity index (χ3n) is 3.16. The number of aliphatic hydroxyl groups is 1. The van der Waals surface area contributed by atoms with Gasteiger partial charge >= 0.3 is 0 Å². The zero-order chi connectivity index (χ0) is 14.3. The number of benzene rings is 1. The Hall–Kier alpha value is -1.75. The van der Waals surface area contributed by atoms with E-state index in [-0.39, 0.29) is 12.5 Å². The van der Waals surface area contributed by atoms with Crippen LogP contribution in [0.15, 0.2) is 18.2 Å². The predicted molar refractivity (Wildman–Crippen MR) is 75.2 cm³/mol. The third kappa shape index (κ3) is 4.44. The molecule has 1 atom stereocenters. The van der Waals surface area contributed by atoms with Crippen molar-refractivity contribution in [1.82, 2.24) is 5.32 Å². The molecule has 0 aliphatic heterocycles. The molecule has 0 heterocycles. The molecular weight excluding hydrogens is 244 g/mol. The Balaban J connectivity index is 2.62. The van der Waals surface area contributed by atoms with Crippen molar-refractivity contribution >= 4 is 11.6 Å². The molecule has 1 aromatic rings. The van der Waals surface area contributed by atoms with E-state index >= 15 is 0 Å². The van der Waals surface area contributed by atoms with Gasteiger partial charge in [-0.15, -0.1) is 0 Å². The second kappa shape index (κ2) is 7.63. The molecule has 1 unspecified atom stereocenters. The first-order valence-electron chi connectivity index (χ1n) is 6.44. The standard InChI is InChI=1S/C14H22N2O3/c1-3-10(6-7-17)9-16-14(18)11-4-5-12(15)13(8-11)19-2/h4-5,8,10,17H,3,6-7,9,15H2,1-2H3,(H,16,18). The molecule has 1 aromatic carbocycles. The lowest BCUT2D eigenvalue weighted by molar-refractivity contribution is 0.0943. The van der Waals surface area contributed by atoms with Gasteiger partial charge in [-0.3, -0.25) is 4.79 Å². The van der Waals surface area contributed by atoms with E-state index in [1.165, 1.54) is 7.11 Å². The number of nitrogens with one attached hydrogen (secondary N) is 1. The monoisotopic (exact) mass is 266 g/mol. The number of anilines is 1. The summed E-state index contributed by atoms with van der Waals surface area (Å²) in [6, 6.07) is 4.94. The molecule has 0 saturated heterocycles. The van der Waals surface area contributed by atoms with E-state index < -0.39 is 0 Å². The average molecular weight is 266 g/mol. The lowest BCUT2D eigenvalue weighted by Gasteiger charge is -2.14. The SMILES string of the molecule is CCC(CCO)CNC(=O)c1ccc(N)c(OC)c1. The number of hydrogen-bond donors (Lipinski definition) is 3. The van der Waals surface area contributed by atoms with Crippen LogP contribution in [0.3, 0.4) is 0 Å². The van der Waals surface area contributed by atoms with Crippen LogP contribution in [0, 0.1) is 5.92 Å². The Morgan fingerprint density at radius 3 is 2.84 bits per heavy atom. The molecule has 0 aromatic heterocycles. The largest absolute Gasteiger partial charge is 0.495 e. The molecule has 5 nitrogen and oxygen atoms in total. The van der Waals surface area contributed by atoms with E-state index in [1.807, 2.05) is 6.92 Å². The van der Waals surface area contributed by atoms with Crippen LogP contribution in [0.4, 0.5) is 5.69 Å². The highest BCUT2D eigenvalue weighted by Crippen LogP contribution is 2.22. The van der Waals surface area contributed by atoms with E-state index in [1.54, 1.807) is 18.2 Å². The molecule has 0 radical (unpaired) electrons. The minimum atomic E-state index is -0.158. The van der Waals surface area contributed by atoms with Gasteiger partial charge < -0.3 is 20.9 Å². The molecule has 5 heteroatoms. The highest BCUT2D eigenvalue weighted by molar-refractivity contribution is 5.95. The van der Waals surface area contributed by atoms with Crippen molar-refractivity contribution in [3.8, 4) is 5.75 Å². The molecule has 0 saturated carbocycles. The van der Waals surface area contributed by atoms with Gasteiger partial charge in [-0.1, -0.05) is 13.3 Å². The van der Waals surface area contributed by atoms with Gasteiger partial charge in [0.1, 0.15) is 5.75 Å². The molecule has 0 aliphatic carbocycles. The van der Waals surface area contributed by atoms with E-state index in [2.05, 4.69) is 5.32 Å². The number of nitrogens with two attached hydrogens (primary N) is 1. The second-order valence-electron chi connectivity index (χ2n) is 4.45. The number of carbonyl (C=O) groups excluding carboxylic acids is 1. The zero-order valence-electron chi connectivity index (χ0n) is 11.5. The van der Waals surface area contributed by atoms with Gasteiger partial charge in [0.25, 0.3) is 5.91 Å². The molecule has 1 rings (SSSR count). The van der Waals surface area contributed by atoms with Crippen molar-refractivity contribution in [2.75, 3.05) is 26.0 Å². The topological polar surface area (TPSA) is 84.6 Å². The summed E-state index contributed by atoms with van der Waals surface area (Å²) in [5.74, 6) is 0.634. The first-order valence-corrected chi connectivity index (χ1v) is 6.44. The molecule has 0 bridgehead atoms. The van der Waals surface area contributed by atoms with Crippen molar-refractivity contribution in [2.45, 2.75) is 19.8 Å². The first-order chi connectivity index (χ1) is 9.12. The lowest BCUT2D eigenvalue weighted by atomic mass is 10.0. The number of hydrogen-bond acceptors (Lipinski definition) is 4. The molecule has 106 valence electrons. The molecule has 1 amide bonds. The molecular formula is C14H22N2O3. The Morgan fingerprint density at radius 2 is 2.26 bits per heavy atom. The number of amides is 1. The van der Waals surface area contributed by atoms with Gasteiger partial charge in [-0.2, -0.15) is 0 Å². The molecule has 0 fully saturated rings. The van der Waals surface area contributed by atoms with Gasteiger partial charge in [0.05, 0.1) is 12.8 Å². The van der Waals surface area contributed by atoms with Gasteiger partial charge in [-0.25, -0.2) is 0 Å². The van der Waals surface area contributed by atoms with Crippen LogP contribution in [-0.2, 0) is 0 Å². The summed E-state index contributed by atoms with van der Waals surface area (Å²) in [7, 11) is 1.52. The first kappa shape index (κ1) is 15.3. The number of carbonyl (C=O) groups is 1. The Labute approximate surface area is 113 Å². The predicted octanol–water partition coefficient (Wildman–Crippen LogP) is 1.42. The average Bonchev–Trinajstić information content (AvgIpc) is 2.43. The maximum Gasteiger partial charge on any atom is 0.251 e. The van der Waals surface area contributed by atoms with Crippen molar-refractivity contribution in [3.63, 3.8) is 0 Å². The summed E-state index contributed by atoms with van der Waals surface area (Å²) in [5, 5.41) is 11.8. The minimum Gasteiger partial charge on any atom is -0.495 e. The third-order valence-corrected chi connectivity index (χ3v) is 3.16. The lowest BCUT2D eigenvalue weighted by Crippen LogP contribution is -2.29. The van der Waals surface area contributed by atoms with E-state index in [9.17, 15) is 4.79 Å². The van der Waals surface area contributed by atoms with Gasteiger partial charge in [0.2, 0.25) is 0 Å². The fraction of sp³-hybridized carbons (Fsp3) is 0.500. The van der Waals surface area contributed by atoms with Gasteiger partial charge in [-0.05, 0) is 30.5 Å². The molecule has 0 aliphatic rings. The van der Waals surface area contributed by atoms with E-state index in [4.69, 9.17) is 15.6 Å². The fourth-order valence-electron chi connectivity index (χ4n) is 1.82. The van der Waals surface area contributed by atoms with Gasteiger partial charge in [0, 0.05) is 18.7 Å². The zero-order valence-corrected chi connectivity index (χ0v) is 11.5. The molecule has 4 N–H and O–H groups in total. The fourth-order valence-corrected chi connectivity index (χ4v) is 1.82. The number of ether oxygens (including phenoxy) is 1. The van der Waals surface area contributed by atoms with Crippen molar-refractivity contribution < 1.29 is 14.6 Å². The van der Waals surface area contributed by atoms with E-state index in [0.29, 0.717) is 35.9 Å². The molecule has 0 spiro atoms. The summed E-state index contributed by atoms with van der Waals surface area (Å²) >= 11 is 0. The number of nitrogen functional groups attached to an aromatic ring is 1. The Morgan fingerprint density at radius 1 is 1.53 bits per heavy atom. The second-order valence-corrected chi connectivity index (χ2v) is 4.45. The van der Waals surface area contributed by atoms with Crippen molar-refractivity contribution in [1.29, 1.82) is 0 Å².